The second-order valence-electron chi connectivity index (χ2n) is 5.02. The van der Waals surface area contributed by atoms with Gasteiger partial charge in [0.25, 0.3) is 0 Å². The smallest absolute Gasteiger partial charge is 0.323 e. The van der Waals surface area contributed by atoms with E-state index in [-0.39, 0.29) is 36.6 Å². The highest BCUT2D eigenvalue weighted by Crippen LogP contribution is 2.13. The number of nitrogens with one attached hydrogen (secondary N) is 1. The standard InChI is InChI=1S/C12H22N6O2/c1-7(2)14-9(19)6-18(5)11-15-10(13)16-12(17-11)20-8(3)4/h7-8H,6H2,1-5H3,(H,14,19)(H2,13,15,16,17). The summed E-state index contributed by atoms with van der Waals surface area (Å²) in [5, 5.41) is 2.79. The zero-order valence-corrected chi connectivity index (χ0v) is 12.5. The number of anilines is 2. The van der Waals surface area contributed by atoms with Crippen molar-refractivity contribution in [3.63, 3.8) is 0 Å². The maximum absolute atomic E-state index is 11.7. The molecule has 0 spiro atoms. The highest BCUT2D eigenvalue weighted by molar-refractivity contribution is 5.80. The summed E-state index contributed by atoms with van der Waals surface area (Å²) in [4.78, 5) is 25.3. The zero-order valence-electron chi connectivity index (χ0n) is 12.5. The van der Waals surface area contributed by atoms with E-state index in [0.717, 1.165) is 0 Å². The molecule has 0 atom stereocenters. The van der Waals surface area contributed by atoms with Crippen LogP contribution < -0.4 is 20.7 Å². The topological polar surface area (TPSA) is 106 Å². The Morgan fingerprint density at radius 3 is 2.50 bits per heavy atom. The molecule has 1 heterocycles. The van der Waals surface area contributed by atoms with E-state index in [1.165, 1.54) is 0 Å². The summed E-state index contributed by atoms with van der Waals surface area (Å²) >= 11 is 0. The number of hydrogen-bond donors (Lipinski definition) is 2. The molecular weight excluding hydrogens is 260 g/mol. The first kappa shape index (κ1) is 15.9. The van der Waals surface area contributed by atoms with E-state index in [2.05, 4.69) is 20.3 Å². The van der Waals surface area contributed by atoms with Crippen LogP contribution in [0.3, 0.4) is 0 Å². The molecule has 0 saturated carbocycles. The van der Waals surface area contributed by atoms with Gasteiger partial charge in [-0.05, 0) is 27.7 Å². The minimum atomic E-state index is -0.118. The molecule has 0 unspecified atom stereocenters. The molecule has 0 aromatic carbocycles. The molecule has 0 radical (unpaired) electrons. The Labute approximate surface area is 118 Å². The number of likely N-dealkylation sites (N-methyl/N-ethyl adjacent to an activating group) is 1. The molecule has 0 aliphatic heterocycles. The lowest BCUT2D eigenvalue weighted by Gasteiger charge is -2.18. The Hall–Kier alpha value is -2.12. The Kier molecular flexibility index (Phi) is 5.48. The molecule has 8 heteroatoms. The van der Waals surface area contributed by atoms with E-state index < -0.39 is 0 Å². The fraction of sp³-hybridized carbons (Fsp3) is 0.667. The highest BCUT2D eigenvalue weighted by atomic mass is 16.5. The largest absolute Gasteiger partial charge is 0.461 e. The van der Waals surface area contributed by atoms with Crippen molar-refractivity contribution in [3.8, 4) is 6.01 Å². The molecule has 0 bridgehead atoms. The van der Waals surface area contributed by atoms with Crippen LogP contribution in [0.4, 0.5) is 11.9 Å². The van der Waals surface area contributed by atoms with Crippen LogP contribution in [-0.2, 0) is 4.79 Å². The molecule has 0 aliphatic carbocycles. The van der Waals surface area contributed by atoms with Crippen LogP contribution in [-0.4, -0.2) is 46.6 Å². The Morgan fingerprint density at radius 2 is 1.95 bits per heavy atom. The summed E-state index contributed by atoms with van der Waals surface area (Å²) in [6.45, 7) is 7.64. The van der Waals surface area contributed by atoms with Crippen LogP contribution in [0, 0.1) is 0 Å². The molecule has 1 amide bonds. The summed E-state index contributed by atoms with van der Waals surface area (Å²) in [5.74, 6) is 0.238. The van der Waals surface area contributed by atoms with Gasteiger partial charge in [-0.3, -0.25) is 4.79 Å². The van der Waals surface area contributed by atoms with Gasteiger partial charge in [-0.1, -0.05) is 0 Å². The molecular formula is C12H22N6O2. The van der Waals surface area contributed by atoms with Crippen LogP contribution >= 0.6 is 0 Å². The lowest BCUT2D eigenvalue weighted by Crippen LogP contribution is -2.39. The van der Waals surface area contributed by atoms with Crippen molar-refractivity contribution in [3.05, 3.63) is 0 Å². The molecule has 8 nitrogen and oxygen atoms in total. The zero-order chi connectivity index (χ0) is 15.3. The van der Waals surface area contributed by atoms with Crippen molar-refractivity contribution < 1.29 is 9.53 Å². The Balaban J connectivity index is 2.79. The number of nitrogen functional groups attached to an aromatic ring is 1. The molecule has 112 valence electrons. The average Bonchev–Trinajstić information content (AvgIpc) is 2.25. The first-order valence-electron chi connectivity index (χ1n) is 6.46. The predicted octanol–water partition coefficient (Wildman–Crippen LogP) is 0.202. The van der Waals surface area contributed by atoms with Gasteiger partial charge in [-0.15, -0.1) is 0 Å². The van der Waals surface area contributed by atoms with Crippen molar-refractivity contribution in [1.82, 2.24) is 20.3 Å². The average molecular weight is 282 g/mol. The van der Waals surface area contributed by atoms with E-state index in [0.29, 0.717) is 5.95 Å². The van der Waals surface area contributed by atoms with Gasteiger partial charge in [0.1, 0.15) is 0 Å². The van der Waals surface area contributed by atoms with Gasteiger partial charge < -0.3 is 20.7 Å². The first-order chi connectivity index (χ1) is 9.27. The molecule has 0 saturated heterocycles. The fourth-order valence-corrected chi connectivity index (χ4v) is 1.45. The van der Waals surface area contributed by atoms with Crippen LogP contribution in [0.2, 0.25) is 0 Å². The minimum Gasteiger partial charge on any atom is -0.461 e. The molecule has 20 heavy (non-hydrogen) atoms. The quantitative estimate of drug-likeness (QED) is 0.767. The van der Waals surface area contributed by atoms with E-state index in [1.54, 1.807) is 11.9 Å². The number of nitrogens with zero attached hydrogens (tertiary/aromatic N) is 4. The minimum absolute atomic E-state index is 0.0572. The number of nitrogens with two attached hydrogens (primary N) is 1. The van der Waals surface area contributed by atoms with E-state index in [4.69, 9.17) is 10.5 Å². The third-order valence-electron chi connectivity index (χ3n) is 2.13. The number of rotatable bonds is 6. The normalized spacial score (nSPS) is 10.8. The summed E-state index contributed by atoms with van der Waals surface area (Å²) in [7, 11) is 1.70. The second-order valence-corrected chi connectivity index (χ2v) is 5.02. The molecule has 0 aliphatic rings. The second kappa shape index (κ2) is 6.88. The SMILES string of the molecule is CC(C)NC(=O)CN(C)c1nc(N)nc(OC(C)C)n1. The van der Waals surface area contributed by atoms with Crippen molar-refractivity contribution in [1.29, 1.82) is 0 Å². The van der Waals surface area contributed by atoms with Crippen LogP contribution in [0.15, 0.2) is 0 Å². The molecule has 1 aromatic heterocycles. The Morgan fingerprint density at radius 1 is 1.30 bits per heavy atom. The number of aromatic nitrogens is 3. The lowest BCUT2D eigenvalue weighted by atomic mass is 10.4. The van der Waals surface area contributed by atoms with Crippen LogP contribution in [0.1, 0.15) is 27.7 Å². The monoisotopic (exact) mass is 282 g/mol. The maximum Gasteiger partial charge on any atom is 0.323 e. The maximum atomic E-state index is 11.7. The van der Waals surface area contributed by atoms with Gasteiger partial charge in [0.15, 0.2) is 0 Å². The number of hydrogen-bond acceptors (Lipinski definition) is 7. The predicted molar refractivity (Wildman–Crippen MR) is 76.6 cm³/mol. The lowest BCUT2D eigenvalue weighted by molar-refractivity contribution is -0.120. The fourth-order valence-electron chi connectivity index (χ4n) is 1.45. The van der Waals surface area contributed by atoms with Gasteiger partial charge in [0, 0.05) is 13.1 Å². The summed E-state index contributed by atoms with van der Waals surface area (Å²) in [6, 6.07) is 0.234. The van der Waals surface area contributed by atoms with E-state index >= 15 is 0 Å². The third kappa shape index (κ3) is 5.25. The van der Waals surface area contributed by atoms with Crippen molar-refractivity contribution >= 4 is 17.8 Å². The van der Waals surface area contributed by atoms with E-state index in [9.17, 15) is 4.79 Å². The van der Waals surface area contributed by atoms with Gasteiger partial charge >= 0.3 is 6.01 Å². The number of carbonyl (C=O) groups excluding carboxylic acids is 1. The van der Waals surface area contributed by atoms with E-state index in [1.807, 2.05) is 27.7 Å². The highest BCUT2D eigenvalue weighted by Gasteiger charge is 2.14. The van der Waals surface area contributed by atoms with Crippen LogP contribution in [0.25, 0.3) is 0 Å². The summed E-state index contributed by atoms with van der Waals surface area (Å²) < 4.78 is 5.39. The number of ether oxygens (including phenoxy) is 1. The van der Waals surface area contributed by atoms with Gasteiger partial charge in [0.2, 0.25) is 17.8 Å². The number of amides is 1. The van der Waals surface area contributed by atoms with Crippen molar-refractivity contribution in [2.75, 3.05) is 24.2 Å². The van der Waals surface area contributed by atoms with Gasteiger partial charge in [-0.2, -0.15) is 15.0 Å². The van der Waals surface area contributed by atoms with Crippen molar-refractivity contribution in [2.45, 2.75) is 39.8 Å². The van der Waals surface area contributed by atoms with Crippen LogP contribution in [0.5, 0.6) is 6.01 Å². The molecule has 1 aromatic rings. The third-order valence-corrected chi connectivity index (χ3v) is 2.13. The first-order valence-corrected chi connectivity index (χ1v) is 6.46. The Bertz CT molecular complexity index is 463. The molecule has 1 rings (SSSR count). The number of carbonyl (C=O) groups is 1. The summed E-state index contributed by atoms with van der Waals surface area (Å²) in [6.07, 6.45) is -0.0702. The summed E-state index contributed by atoms with van der Waals surface area (Å²) in [5.41, 5.74) is 5.62. The van der Waals surface area contributed by atoms with Crippen molar-refractivity contribution in [2.24, 2.45) is 0 Å². The molecule has 0 fully saturated rings. The molecule has 3 N–H and O–H groups in total. The van der Waals surface area contributed by atoms with Gasteiger partial charge in [-0.25, -0.2) is 0 Å². The van der Waals surface area contributed by atoms with Gasteiger partial charge in [0.05, 0.1) is 12.6 Å².